The first-order valence-electron chi connectivity index (χ1n) is 6.26. The number of fused-ring (bicyclic) bond motifs is 1. The predicted octanol–water partition coefficient (Wildman–Crippen LogP) is 2.88. The minimum atomic E-state index is -0.742. The van der Waals surface area contributed by atoms with Crippen LogP contribution < -0.4 is 5.32 Å². The number of nitrogens with one attached hydrogen (secondary N) is 1. The summed E-state index contributed by atoms with van der Waals surface area (Å²) in [6.07, 6.45) is 4.21. The summed E-state index contributed by atoms with van der Waals surface area (Å²) in [5.41, 5.74) is 1.24. The van der Waals surface area contributed by atoms with Gasteiger partial charge in [0, 0.05) is 33.7 Å². The molecule has 2 atom stereocenters. The molecule has 2 aromatic heterocycles. The molecule has 0 fully saturated rings. The molecule has 0 aliphatic rings. The lowest BCUT2D eigenvalue weighted by atomic mass is 10.2. The summed E-state index contributed by atoms with van der Waals surface area (Å²) in [5.74, 6) is 1.60. The highest BCUT2D eigenvalue weighted by Crippen LogP contribution is 2.32. The summed E-state index contributed by atoms with van der Waals surface area (Å²) < 4.78 is 11.1. The number of nitrogens with zero attached hydrogens (tertiary/aromatic N) is 2. The molecule has 2 rings (SSSR count). The van der Waals surface area contributed by atoms with E-state index < -0.39 is 10.8 Å². The molecule has 0 bridgehead atoms. The van der Waals surface area contributed by atoms with Crippen molar-refractivity contribution in [2.75, 3.05) is 17.3 Å². The van der Waals surface area contributed by atoms with Crippen LogP contribution in [-0.4, -0.2) is 32.2 Å². The quantitative estimate of drug-likeness (QED) is 0.922. The maximum atomic E-state index is 11.1. The Bertz CT molecular complexity index is 609. The molecule has 0 spiro atoms. The Kier molecular flexibility index (Phi) is 4.52. The molecular formula is C13H19N3OS2. The Labute approximate surface area is 120 Å². The van der Waals surface area contributed by atoms with Crippen LogP contribution in [0.25, 0.3) is 10.2 Å². The fraction of sp³-hybridized carbons (Fsp3) is 0.538. The van der Waals surface area contributed by atoms with Crippen molar-refractivity contribution in [1.82, 2.24) is 9.97 Å². The molecule has 2 heterocycles. The van der Waals surface area contributed by atoms with E-state index in [1.807, 2.05) is 0 Å². The molecule has 0 amide bonds. The van der Waals surface area contributed by atoms with E-state index in [1.54, 1.807) is 23.9 Å². The van der Waals surface area contributed by atoms with E-state index in [-0.39, 0.29) is 6.04 Å². The van der Waals surface area contributed by atoms with E-state index in [9.17, 15) is 4.21 Å². The number of thiophene rings is 1. The minimum Gasteiger partial charge on any atom is -0.367 e. The molecule has 1 N–H and O–H groups in total. The van der Waals surface area contributed by atoms with Gasteiger partial charge in [0.25, 0.3) is 0 Å². The van der Waals surface area contributed by atoms with Gasteiger partial charge in [-0.1, -0.05) is 0 Å². The number of anilines is 1. The summed E-state index contributed by atoms with van der Waals surface area (Å²) in [4.78, 5) is 11.0. The van der Waals surface area contributed by atoms with Gasteiger partial charge in [0.1, 0.15) is 17.0 Å². The smallest absolute Gasteiger partial charge is 0.138 e. The van der Waals surface area contributed by atoms with E-state index in [1.165, 1.54) is 10.4 Å². The predicted molar refractivity (Wildman–Crippen MR) is 83.5 cm³/mol. The van der Waals surface area contributed by atoms with Crippen LogP contribution >= 0.6 is 11.3 Å². The van der Waals surface area contributed by atoms with Crippen LogP contribution in [0.1, 0.15) is 23.8 Å². The van der Waals surface area contributed by atoms with Crippen LogP contribution in [0.4, 0.5) is 5.82 Å². The lowest BCUT2D eigenvalue weighted by Gasteiger charge is -2.14. The SMILES string of the molecule is Cc1sc2ncnc(NC(C)CCS(C)=O)c2c1C. The van der Waals surface area contributed by atoms with Crippen LogP contribution in [0.2, 0.25) is 0 Å². The van der Waals surface area contributed by atoms with Gasteiger partial charge in [-0.3, -0.25) is 4.21 Å². The van der Waals surface area contributed by atoms with Gasteiger partial charge < -0.3 is 5.32 Å². The Morgan fingerprint density at radius 2 is 2.16 bits per heavy atom. The van der Waals surface area contributed by atoms with E-state index in [4.69, 9.17) is 0 Å². The Balaban J connectivity index is 2.23. The average Bonchev–Trinajstić information content (AvgIpc) is 2.64. The molecule has 0 aromatic carbocycles. The first-order valence-corrected chi connectivity index (χ1v) is 8.80. The van der Waals surface area contributed by atoms with Crippen molar-refractivity contribution >= 4 is 38.2 Å². The van der Waals surface area contributed by atoms with Gasteiger partial charge >= 0.3 is 0 Å². The summed E-state index contributed by atoms with van der Waals surface area (Å²) in [7, 11) is -0.742. The lowest BCUT2D eigenvalue weighted by Crippen LogP contribution is -2.18. The van der Waals surface area contributed by atoms with Crippen molar-refractivity contribution in [3.05, 3.63) is 16.8 Å². The zero-order chi connectivity index (χ0) is 14.0. The third kappa shape index (κ3) is 3.30. The van der Waals surface area contributed by atoms with Gasteiger partial charge in [0.15, 0.2) is 0 Å². The minimum absolute atomic E-state index is 0.251. The summed E-state index contributed by atoms with van der Waals surface area (Å²) in [5, 5.41) is 4.54. The third-order valence-corrected chi connectivity index (χ3v) is 5.11. The fourth-order valence-corrected chi connectivity index (χ4v) is 3.62. The summed E-state index contributed by atoms with van der Waals surface area (Å²) in [6, 6.07) is 0.251. The highest BCUT2D eigenvalue weighted by molar-refractivity contribution is 7.84. The zero-order valence-electron chi connectivity index (χ0n) is 11.7. The lowest BCUT2D eigenvalue weighted by molar-refractivity contribution is 0.678. The van der Waals surface area contributed by atoms with E-state index in [0.29, 0.717) is 5.75 Å². The molecule has 0 radical (unpaired) electrons. The Hall–Kier alpha value is -1.01. The monoisotopic (exact) mass is 297 g/mol. The molecule has 2 unspecified atom stereocenters. The van der Waals surface area contributed by atoms with Crippen LogP contribution in [0.5, 0.6) is 0 Å². The highest BCUT2D eigenvalue weighted by atomic mass is 32.2. The highest BCUT2D eigenvalue weighted by Gasteiger charge is 2.13. The molecule has 2 aromatic rings. The molecule has 104 valence electrons. The summed E-state index contributed by atoms with van der Waals surface area (Å²) >= 11 is 1.70. The maximum Gasteiger partial charge on any atom is 0.138 e. The Morgan fingerprint density at radius 3 is 2.84 bits per heavy atom. The number of aryl methyl sites for hydroxylation is 2. The number of hydrogen-bond acceptors (Lipinski definition) is 5. The maximum absolute atomic E-state index is 11.1. The largest absolute Gasteiger partial charge is 0.367 e. The first kappa shape index (κ1) is 14.4. The fourth-order valence-electron chi connectivity index (χ4n) is 1.94. The standard InChI is InChI=1S/C13H19N3OS2/c1-8(5-6-19(4)17)16-12-11-9(2)10(3)18-13(11)15-7-14-12/h7-8H,5-6H2,1-4H3,(H,14,15,16). The van der Waals surface area contributed by atoms with Crippen LogP contribution in [0.15, 0.2) is 6.33 Å². The topological polar surface area (TPSA) is 54.9 Å². The number of aromatic nitrogens is 2. The van der Waals surface area contributed by atoms with E-state index >= 15 is 0 Å². The van der Waals surface area contributed by atoms with Gasteiger partial charge in [0.05, 0.1) is 5.39 Å². The van der Waals surface area contributed by atoms with Crippen LogP contribution in [-0.2, 0) is 10.8 Å². The van der Waals surface area contributed by atoms with Crippen molar-refractivity contribution < 1.29 is 4.21 Å². The second kappa shape index (κ2) is 5.96. The van der Waals surface area contributed by atoms with Crippen molar-refractivity contribution in [3.63, 3.8) is 0 Å². The number of rotatable bonds is 5. The molecule has 0 aliphatic heterocycles. The molecule has 0 saturated heterocycles. The van der Waals surface area contributed by atoms with Gasteiger partial charge in [-0.15, -0.1) is 11.3 Å². The normalized spacial score (nSPS) is 14.5. The number of hydrogen-bond donors (Lipinski definition) is 1. The zero-order valence-corrected chi connectivity index (χ0v) is 13.3. The van der Waals surface area contributed by atoms with Crippen LogP contribution in [0, 0.1) is 13.8 Å². The summed E-state index contributed by atoms with van der Waals surface area (Å²) in [6.45, 7) is 6.30. The third-order valence-electron chi connectivity index (χ3n) is 3.19. The average molecular weight is 297 g/mol. The van der Waals surface area contributed by atoms with Crippen molar-refractivity contribution in [2.45, 2.75) is 33.2 Å². The first-order chi connectivity index (χ1) is 8.99. The second-order valence-corrected chi connectivity index (χ2v) is 7.55. The Morgan fingerprint density at radius 1 is 1.42 bits per heavy atom. The molecule has 19 heavy (non-hydrogen) atoms. The van der Waals surface area contributed by atoms with Crippen molar-refractivity contribution in [1.29, 1.82) is 0 Å². The van der Waals surface area contributed by atoms with Gasteiger partial charge in [-0.25, -0.2) is 9.97 Å². The van der Waals surface area contributed by atoms with Gasteiger partial charge in [-0.05, 0) is 32.8 Å². The molecule has 6 heteroatoms. The van der Waals surface area contributed by atoms with E-state index in [0.717, 1.165) is 22.5 Å². The molecular weight excluding hydrogens is 278 g/mol. The second-order valence-electron chi connectivity index (χ2n) is 4.80. The van der Waals surface area contributed by atoms with Gasteiger partial charge in [-0.2, -0.15) is 0 Å². The van der Waals surface area contributed by atoms with Crippen LogP contribution in [0.3, 0.4) is 0 Å². The van der Waals surface area contributed by atoms with E-state index in [2.05, 4.69) is 36.1 Å². The van der Waals surface area contributed by atoms with Crippen molar-refractivity contribution in [3.8, 4) is 0 Å². The molecule has 0 aliphatic carbocycles. The van der Waals surface area contributed by atoms with Crippen molar-refractivity contribution in [2.24, 2.45) is 0 Å². The molecule has 4 nitrogen and oxygen atoms in total. The molecule has 0 saturated carbocycles. The van der Waals surface area contributed by atoms with Gasteiger partial charge in [0.2, 0.25) is 0 Å².